The van der Waals surface area contributed by atoms with Crippen molar-refractivity contribution in [2.24, 2.45) is 0 Å². The second-order valence-electron chi connectivity index (χ2n) is 7.22. The van der Waals surface area contributed by atoms with E-state index in [-0.39, 0.29) is 23.8 Å². The molecule has 4 heterocycles. The fourth-order valence-corrected chi connectivity index (χ4v) is 4.36. The molecular formula is C20H22N8O3S. The third-order valence-electron chi connectivity index (χ3n) is 4.58. The molecule has 0 bridgehead atoms. The molecule has 166 valence electrons. The van der Waals surface area contributed by atoms with Gasteiger partial charge < -0.3 is 9.42 Å². The summed E-state index contributed by atoms with van der Waals surface area (Å²) in [5.74, 6) is 1.75. The lowest BCUT2D eigenvalue weighted by Gasteiger charge is -2.20. The Bertz CT molecular complexity index is 1320. The second-order valence-corrected chi connectivity index (χ2v) is 8.96. The molecule has 0 radical (unpaired) electrons. The molecule has 11 nitrogen and oxygen atoms in total. The van der Waals surface area contributed by atoms with Crippen LogP contribution in [0.3, 0.4) is 0 Å². The van der Waals surface area contributed by atoms with Crippen molar-refractivity contribution in [2.75, 3.05) is 11.9 Å². The summed E-state index contributed by atoms with van der Waals surface area (Å²) >= 11 is 0. The molecule has 0 spiro atoms. The number of nitrogens with one attached hydrogen (secondary N) is 1. The minimum absolute atomic E-state index is 0.0672. The van der Waals surface area contributed by atoms with Crippen LogP contribution in [0.25, 0.3) is 5.82 Å². The highest BCUT2D eigenvalue weighted by Crippen LogP contribution is 2.24. The van der Waals surface area contributed by atoms with Gasteiger partial charge in [-0.05, 0) is 49.2 Å². The lowest BCUT2D eigenvalue weighted by molar-refractivity contribution is 0.374. The molecular weight excluding hydrogens is 432 g/mol. The van der Waals surface area contributed by atoms with E-state index in [0.717, 1.165) is 11.1 Å². The third kappa shape index (κ3) is 4.81. The normalized spacial score (nSPS) is 11.6. The van der Waals surface area contributed by atoms with Crippen molar-refractivity contribution in [3.05, 3.63) is 71.9 Å². The molecule has 4 aromatic heterocycles. The van der Waals surface area contributed by atoms with E-state index in [4.69, 9.17) is 4.52 Å². The van der Waals surface area contributed by atoms with E-state index in [9.17, 15) is 8.42 Å². The number of nitrogens with zero attached hydrogens (tertiary/aromatic N) is 7. The van der Waals surface area contributed by atoms with E-state index in [1.54, 1.807) is 79.5 Å². The maximum Gasteiger partial charge on any atom is 0.246 e. The molecule has 0 amide bonds. The second kappa shape index (κ2) is 8.85. The SMILES string of the molecule is Cc1cnc(N(C)Cc2nc(C)no2)c(S(=O)(=O)NCc2ccnc(-n3cccn3)c2)c1. The zero-order chi connectivity index (χ0) is 22.7. The molecule has 12 heteroatoms. The third-order valence-corrected chi connectivity index (χ3v) is 5.98. The van der Waals surface area contributed by atoms with Crippen LogP contribution in [0.5, 0.6) is 0 Å². The number of rotatable bonds is 8. The lowest BCUT2D eigenvalue weighted by atomic mass is 10.2. The number of hydrogen-bond acceptors (Lipinski definition) is 9. The van der Waals surface area contributed by atoms with Gasteiger partial charge in [-0.1, -0.05) is 5.16 Å². The van der Waals surface area contributed by atoms with Crippen LogP contribution in [0.2, 0.25) is 0 Å². The van der Waals surface area contributed by atoms with E-state index < -0.39 is 10.0 Å². The first-order valence-corrected chi connectivity index (χ1v) is 11.2. The topological polar surface area (TPSA) is 132 Å². The highest BCUT2D eigenvalue weighted by molar-refractivity contribution is 7.89. The van der Waals surface area contributed by atoms with Crippen LogP contribution in [-0.2, 0) is 23.1 Å². The molecule has 0 aromatic carbocycles. The van der Waals surface area contributed by atoms with Crippen molar-refractivity contribution >= 4 is 15.8 Å². The maximum absolute atomic E-state index is 13.2. The van der Waals surface area contributed by atoms with Gasteiger partial charge in [0.2, 0.25) is 15.9 Å². The number of pyridine rings is 2. The average molecular weight is 455 g/mol. The van der Waals surface area contributed by atoms with Gasteiger partial charge in [0.1, 0.15) is 10.7 Å². The first-order valence-electron chi connectivity index (χ1n) is 9.73. The number of anilines is 1. The molecule has 0 aliphatic heterocycles. The van der Waals surface area contributed by atoms with E-state index >= 15 is 0 Å². The van der Waals surface area contributed by atoms with Gasteiger partial charge in [0.15, 0.2) is 11.6 Å². The fraction of sp³-hybridized carbons (Fsp3) is 0.250. The zero-order valence-electron chi connectivity index (χ0n) is 17.8. The Hall–Kier alpha value is -3.64. The molecule has 0 atom stereocenters. The van der Waals surface area contributed by atoms with Gasteiger partial charge in [-0.2, -0.15) is 10.1 Å². The van der Waals surface area contributed by atoms with E-state index in [1.165, 1.54) is 0 Å². The monoisotopic (exact) mass is 454 g/mol. The van der Waals surface area contributed by atoms with Gasteiger partial charge in [0.05, 0.1) is 6.54 Å². The van der Waals surface area contributed by atoms with Crippen LogP contribution in [0, 0.1) is 13.8 Å². The molecule has 0 saturated carbocycles. The Morgan fingerprint density at radius 3 is 2.75 bits per heavy atom. The van der Waals surface area contributed by atoms with Gasteiger partial charge in [0.25, 0.3) is 0 Å². The van der Waals surface area contributed by atoms with Gasteiger partial charge in [-0.3, -0.25) is 0 Å². The average Bonchev–Trinajstić information content (AvgIpc) is 3.44. The predicted octanol–water partition coefficient (Wildman–Crippen LogP) is 1.78. The molecule has 1 N–H and O–H groups in total. The Morgan fingerprint density at radius 2 is 2.03 bits per heavy atom. The number of hydrogen-bond donors (Lipinski definition) is 1. The van der Waals surface area contributed by atoms with Crippen LogP contribution in [-0.4, -0.2) is 45.4 Å². The summed E-state index contributed by atoms with van der Waals surface area (Å²) in [6.07, 6.45) is 6.64. The molecule has 0 fully saturated rings. The van der Waals surface area contributed by atoms with Crippen molar-refractivity contribution in [2.45, 2.75) is 31.8 Å². The number of sulfonamides is 1. The molecule has 32 heavy (non-hydrogen) atoms. The fourth-order valence-electron chi connectivity index (χ4n) is 3.06. The first kappa shape index (κ1) is 21.6. The summed E-state index contributed by atoms with van der Waals surface area (Å²) in [6, 6.07) is 6.89. The van der Waals surface area contributed by atoms with Crippen molar-refractivity contribution in [1.29, 1.82) is 0 Å². The van der Waals surface area contributed by atoms with Crippen LogP contribution in [0.4, 0.5) is 5.82 Å². The van der Waals surface area contributed by atoms with Crippen molar-refractivity contribution < 1.29 is 12.9 Å². The summed E-state index contributed by atoms with van der Waals surface area (Å²) in [4.78, 5) is 14.5. The zero-order valence-corrected chi connectivity index (χ0v) is 18.6. The van der Waals surface area contributed by atoms with Gasteiger partial charge >= 0.3 is 0 Å². The molecule has 0 aliphatic carbocycles. The van der Waals surface area contributed by atoms with Crippen molar-refractivity contribution in [1.82, 2.24) is 34.6 Å². The Morgan fingerprint density at radius 1 is 1.19 bits per heavy atom. The van der Waals surface area contributed by atoms with E-state index in [2.05, 4.69) is 29.9 Å². The standard InChI is InChI=1S/C20H22N8O3S/c1-14-9-17(20(22-11-14)27(3)13-19-25-15(2)26-31-19)32(29,30)24-12-16-5-7-21-18(10-16)28-8-4-6-23-28/h4-11,24H,12-13H2,1-3H3. The van der Waals surface area contributed by atoms with Crippen LogP contribution < -0.4 is 9.62 Å². The number of aryl methyl sites for hydroxylation is 2. The van der Waals surface area contributed by atoms with Gasteiger partial charge in [-0.25, -0.2) is 27.8 Å². The largest absolute Gasteiger partial charge is 0.349 e. The van der Waals surface area contributed by atoms with Gasteiger partial charge in [-0.15, -0.1) is 0 Å². The predicted molar refractivity (Wildman–Crippen MR) is 116 cm³/mol. The number of aromatic nitrogens is 6. The molecule has 4 rings (SSSR count). The highest BCUT2D eigenvalue weighted by atomic mass is 32.2. The summed E-state index contributed by atoms with van der Waals surface area (Å²) in [6.45, 7) is 3.81. The van der Waals surface area contributed by atoms with Crippen molar-refractivity contribution in [3.63, 3.8) is 0 Å². The van der Waals surface area contributed by atoms with E-state index in [0.29, 0.717) is 17.5 Å². The minimum atomic E-state index is -3.87. The van der Waals surface area contributed by atoms with Crippen LogP contribution >= 0.6 is 0 Å². The molecule has 4 aromatic rings. The minimum Gasteiger partial charge on any atom is -0.349 e. The smallest absolute Gasteiger partial charge is 0.246 e. The summed E-state index contributed by atoms with van der Waals surface area (Å²) < 4.78 is 35.8. The summed E-state index contributed by atoms with van der Waals surface area (Å²) in [5, 5.41) is 7.91. The molecule has 0 saturated heterocycles. The van der Waals surface area contributed by atoms with Crippen molar-refractivity contribution in [3.8, 4) is 5.82 Å². The molecule has 0 aliphatic rings. The highest BCUT2D eigenvalue weighted by Gasteiger charge is 2.23. The van der Waals surface area contributed by atoms with Crippen LogP contribution in [0.1, 0.15) is 22.8 Å². The Balaban J connectivity index is 1.56. The Labute approximate surface area is 185 Å². The van der Waals surface area contributed by atoms with Crippen LogP contribution in [0.15, 0.2) is 58.5 Å². The first-order chi connectivity index (χ1) is 15.3. The summed E-state index contributed by atoms with van der Waals surface area (Å²) in [5.41, 5.74) is 1.46. The van der Waals surface area contributed by atoms with E-state index in [1.807, 2.05) is 0 Å². The van der Waals surface area contributed by atoms with Gasteiger partial charge in [0, 0.05) is 38.4 Å². The molecule has 0 unspecified atom stereocenters. The maximum atomic E-state index is 13.2. The Kier molecular flexibility index (Phi) is 5.97. The quantitative estimate of drug-likeness (QED) is 0.423. The summed E-state index contributed by atoms with van der Waals surface area (Å²) in [7, 11) is -2.16. The lowest BCUT2D eigenvalue weighted by Crippen LogP contribution is -2.27.